The van der Waals surface area contributed by atoms with Gasteiger partial charge in [-0.2, -0.15) is 5.26 Å². The number of ether oxygens (including phenoxy) is 1. The largest absolute Gasteiger partial charge is 0.373 e. The molecular weight excluding hydrogens is 315 g/mol. The lowest BCUT2D eigenvalue weighted by Crippen LogP contribution is -2.38. The molecule has 25 heavy (non-hydrogen) atoms. The molecule has 2 aromatic rings. The summed E-state index contributed by atoms with van der Waals surface area (Å²) in [6.45, 7) is 3.68. The third-order valence-corrected chi connectivity index (χ3v) is 4.73. The molecule has 3 nitrogen and oxygen atoms in total. The highest BCUT2D eigenvalue weighted by molar-refractivity contribution is 5.31. The van der Waals surface area contributed by atoms with Crippen molar-refractivity contribution in [1.29, 1.82) is 5.26 Å². The molecule has 2 aromatic carbocycles. The van der Waals surface area contributed by atoms with E-state index in [2.05, 4.69) is 11.0 Å². The number of benzene rings is 2. The molecule has 1 saturated heterocycles. The van der Waals surface area contributed by atoms with Gasteiger partial charge in [-0.1, -0.05) is 24.3 Å². The number of nitrogens with zero attached hydrogens (tertiary/aromatic N) is 2. The maximum atomic E-state index is 12.9. The van der Waals surface area contributed by atoms with Crippen LogP contribution in [0.1, 0.15) is 29.5 Å². The molecule has 0 aliphatic carbocycles. The zero-order chi connectivity index (χ0) is 17.5. The molecule has 4 heteroatoms. The Labute approximate surface area is 148 Å². The minimum absolute atomic E-state index is 0.209. The van der Waals surface area contributed by atoms with Crippen molar-refractivity contribution in [2.45, 2.75) is 32.0 Å². The highest BCUT2D eigenvalue weighted by atomic mass is 19.1. The Morgan fingerprint density at radius 1 is 1.00 bits per heavy atom. The van der Waals surface area contributed by atoms with Crippen LogP contribution >= 0.6 is 0 Å². The van der Waals surface area contributed by atoms with Crippen molar-refractivity contribution in [1.82, 2.24) is 4.90 Å². The minimum Gasteiger partial charge on any atom is -0.373 e. The average molecular weight is 338 g/mol. The van der Waals surface area contributed by atoms with Crippen LogP contribution in [0.5, 0.6) is 0 Å². The van der Waals surface area contributed by atoms with E-state index in [4.69, 9.17) is 10.00 Å². The molecule has 0 bridgehead atoms. The summed E-state index contributed by atoms with van der Waals surface area (Å²) in [5, 5.41) is 8.83. The van der Waals surface area contributed by atoms with Crippen molar-refractivity contribution < 1.29 is 9.13 Å². The van der Waals surface area contributed by atoms with E-state index in [1.54, 1.807) is 12.1 Å². The van der Waals surface area contributed by atoms with Crippen molar-refractivity contribution in [3.63, 3.8) is 0 Å². The van der Waals surface area contributed by atoms with Crippen molar-refractivity contribution >= 4 is 0 Å². The fourth-order valence-corrected chi connectivity index (χ4v) is 3.13. The van der Waals surface area contributed by atoms with Gasteiger partial charge >= 0.3 is 0 Å². The topological polar surface area (TPSA) is 36.3 Å². The molecule has 0 unspecified atom stereocenters. The molecule has 0 N–H and O–H groups in total. The van der Waals surface area contributed by atoms with Gasteiger partial charge in [0.25, 0.3) is 0 Å². The first-order valence-electron chi connectivity index (χ1n) is 8.80. The zero-order valence-corrected chi connectivity index (χ0v) is 14.3. The van der Waals surface area contributed by atoms with E-state index >= 15 is 0 Å². The lowest BCUT2D eigenvalue weighted by molar-refractivity contribution is -0.00220. The SMILES string of the molecule is N#Cc1ccc(CCN2CCC(OCc3ccc(F)cc3)CC2)cc1. The quantitative estimate of drug-likeness (QED) is 0.801. The lowest BCUT2D eigenvalue weighted by Gasteiger charge is -2.32. The second kappa shape index (κ2) is 8.75. The summed E-state index contributed by atoms with van der Waals surface area (Å²) >= 11 is 0. The molecule has 3 rings (SSSR count). The van der Waals surface area contributed by atoms with Gasteiger partial charge in [0.1, 0.15) is 5.82 Å². The van der Waals surface area contributed by atoms with E-state index in [1.807, 2.05) is 24.3 Å². The monoisotopic (exact) mass is 338 g/mol. The molecule has 1 heterocycles. The summed E-state index contributed by atoms with van der Waals surface area (Å²) in [7, 11) is 0. The molecule has 0 spiro atoms. The Morgan fingerprint density at radius 2 is 1.64 bits per heavy atom. The molecule has 0 radical (unpaired) electrons. The summed E-state index contributed by atoms with van der Waals surface area (Å²) in [6.07, 6.45) is 3.37. The lowest BCUT2D eigenvalue weighted by atomic mass is 10.1. The number of hydrogen-bond acceptors (Lipinski definition) is 3. The van der Waals surface area contributed by atoms with Gasteiger partial charge in [0, 0.05) is 19.6 Å². The van der Waals surface area contributed by atoms with Crippen molar-refractivity contribution in [2.75, 3.05) is 19.6 Å². The number of hydrogen-bond donors (Lipinski definition) is 0. The molecule has 1 aliphatic rings. The van der Waals surface area contributed by atoms with Crippen LogP contribution in [0.3, 0.4) is 0 Å². The van der Waals surface area contributed by atoms with Crippen molar-refractivity contribution in [2.24, 2.45) is 0 Å². The molecule has 0 amide bonds. The molecule has 1 aliphatic heterocycles. The molecule has 1 fully saturated rings. The standard InChI is InChI=1S/C21H23FN2O/c22-20-7-5-19(6-8-20)16-25-21-10-13-24(14-11-21)12-9-17-1-3-18(15-23)4-2-17/h1-8,21H,9-14,16H2. The van der Waals surface area contributed by atoms with Crippen LogP contribution in [0, 0.1) is 17.1 Å². The van der Waals surface area contributed by atoms with Crippen LogP contribution < -0.4 is 0 Å². The molecule has 0 atom stereocenters. The first kappa shape index (κ1) is 17.6. The Morgan fingerprint density at radius 3 is 2.28 bits per heavy atom. The van der Waals surface area contributed by atoms with Gasteiger partial charge in [-0.15, -0.1) is 0 Å². The van der Waals surface area contributed by atoms with Crippen molar-refractivity contribution in [3.8, 4) is 6.07 Å². The maximum absolute atomic E-state index is 12.9. The molecule has 130 valence electrons. The Hall–Kier alpha value is -2.22. The van der Waals surface area contributed by atoms with Gasteiger partial charge in [0.05, 0.1) is 24.3 Å². The number of rotatable bonds is 6. The van der Waals surface area contributed by atoms with Gasteiger partial charge < -0.3 is 9.64 Å². The van der Waals surface area contributed by atoms with Gasteiger partial charge in [-0.3, -0.25) is 0 Å². The van der Waals surface area contributed by atoms with Crippen LogP contribution in [-0.2, 0) is 17.8 Å². The average Bonchev–Trinajstić information content (AvgIpc) is 2.67. The van der Waals surface area contributed by atoms with Gasteiger partial charge in [0.2, 0.25) is 0 Å². The third-order valence-electron chi connectivity index (χ3n) is 4.73. The van der Waals surface area contributed by atoms with Gasteiger partial charge in [-0.05, 0) is 54.7 Å². The normalized spacial score (nSPS) is 15.8. The van der Waals surface area contributed by atoms with Crippen LogP contribution in [0.2, 0.25) is 0 Å². The molecular formula is C21H23FN2O. The van der Waals surface area contributed by atoms with E-state index in [-0.39, 0.29) is 11.9 Å². The summed E-state index contributed by atoms with van der Waals surface area (Å²) in [5.74, 6) is -0.209. The molecule has 0 saturated carbocycles. The smallest absolute Gasteiger partial charge is 0.123 e. The van der Waals surface area contributed by atoms with Crippen LogP contribution in [-0.4, -0.2) is 30.6 Å². The second-order valence-corrected chi connectivity index (χ2v) is 6.54. The highest BCUT2D eigenvalue weighted by Gasteiger charge is 2.19. The molecule has 0 aromatic heterocycles. The van der Waals surface area contributed by atoms with Crippen LogP contribution in [0.25, 0.3) is 0 Å². The van der Waals surface area contributed by atoms with E-state index in [1.165, 1.54) is 17.7 Å². The minimum atomic E-state index is -0.209. The van der Waals surface area contributed by atoms with Crippen LogP contribution in [0.15, 0.2) is 48.5 Å². The Balaban J connectivity index is 1.36. The van der Waals surface area contributed by atoms with E-state index < -0.39 is 0 Å². The zero-order valence-electron chi connectivity index (χ0n) is 14.3. The predicted molar refractivity (Wildman–Crippen MR) is 95.5 cm³/mol. The Bertz CT molecular complexity index is 698. The summed E-state index contributed by atoms with van der Waals surface area (Å²) in [4.78, 5) is 2.47. The summed E-state index contributed by atoms with van der Waals surface area (Å²) < 4.78 is 18.9. The maximum Gasteiger partial charge on any atom is 0.123 e. The predicted octanol–water partition coefficient (Wildman–Crippen LogP) is 3.92. The third kappa shape index (κ3) is 5.38. The number of halogens is 1. The van der Waals surface area contributed by atoms with Crippen LogP contribution in [0.4, 0.5) is 4.39 Å². The fraction of sp³-hybridized carbons (Fsp3) is 0.381. The van der Waals surface area contributed by atoms with Gasteiger partial charge in [0.15, 0.2) is 0 Å². The first-order valence-corrected chi connectivity index (χ1v) is 8.80. The number of likely N-dealkylation sites (tertiary alicyclic amines) is 1. The first-order chi connectivity index (χ1) is 12.2. The fourth-order valence-electron chi connectivity index (χ4n) is 3.13. The van der Waals surface area contributed by atoms with E-state index in [0.717, 1.165) is 44.5 Å². The van der Waals surface area contributed by atoms with Gasteiger partial charge in [-0.25, -0.2) is 4.39 Å². The van der Waals surface area contributed by atoms with E-state index in [9.17, 15) is 4.39 Å². The Kier molecular flexibility index (Phi) is 6.16. The summed E-state index contributed by atoms with van der Waals surface area (Å²) in [6, 6.07) is 16.5. The summed E-state index contributed by atoms with van der Waals surface area (Å²) in [5.41, 5.74) is 3.00. The second-order valence-electron chi connectivity index (χ2n) is 6.54. The highest BCUT2D eigenvalue weighted by Crippen LogP contribution is 2.16. The van der Waals surface area contributed by atoms with E-state index in [0.29, 0.717) is 12.2 Å². The number of piperidine rings is 1. The number of nitriles is 1. The van der Waals surface area contributed by atoms with Crippen molar-refractivity contribution in [3.05, 3.63) is 71.0 Å².